The molecule has 1 aromatic heterocycles. The van der Waals surface area contributed by atoms with Gasteiger partial charge in [-0.15, -0.1) is 0 Å². The molecule has 0 fully saturated rings. The Labute approximate surface area is 171 Å². The van der Waals surface area contributed by atoms with Gasteiger partial charge in [-0.1, -0.05) is 59.7 Å². The van der Waals surface area contributed by atoms with Crippen molar-refractivity contribution in [1.29, 1.82) is 0 Å². The number of aromatic nitrogens is 2. The van der Waals surface area contributed by atoms with Crippen molar-refractivity contribution in [3.05, 3.63) is 94.7 Å². The second kappa shape index (κ2) is 7.51. The third-order valence-corrected chi connectivity index (χ3v) is 5.19. The summed E-state index contributed by atoms with van der Waals surface area (Å²) in [6.07, 6.45) is 0.860. The summed E-state index contributed by atoms with van der Waals surface area (Å²) in [5, 5.41) is 0. The zero-order valence-electron chi connectivity index (χ0n) is 17.2. The lowest BCUT2D eigenvalue weighted by Gasteiger charge is -2.16. The number of hydrogen-bond acceptors (Lipinski definition) is 2. The molecule has 29 heavy (non-hydrogen) atoms. The number of aldehydes is 1. The average Bonchev–Trinajstić information content (AvgIpc) is 3.09. The van der Waals surface area contributed by atoms with Crippen molar-refractivity contribution in [1.82, 2.24) is 9.55 Å². The molecule has 4 aromatic rings. The van der Waals surface area contributed by atoms with Gasteiger partial charge in [0.05, 0.1) is 11.4 Å². The summed E-state index contributed by atoms with van der Waals surface area (Å²) in [7, 11) is 0. The first-order valence-electron chi connectivity index (χ1n) is 9.77. The molecule has 0 aliphatic heterocycles. The molecule has 0 unspecified atom stereocenters. The zero-order valence-corrected chi connectivity index (χ0v) is 17.2. The molecule has 4 rings (SSSR count). The van der Waals surface area contributed by atoms with Crippen LogP contribution in [0.1, 0.15) is 32.7 Å². The van der Waals surface area contributed by atoms with Crippen molar-refractivity contribution in [2.75, 3.05) is 0 Å². The molecular weight excluding hydrogens is 356 g/mol. The van der Waals surface area contributed by atoms with Crippen LogP contribution in [0, 0.1) is 27.7 Å². The van der Waals surface area contributed by atoms with Gasteiger partial charge < -0.3 is 0 Å². The van der Waals surface area contributed by atoms with Crippen molar-refractivity contribution < 1.29 is 4.79 Å². The third-order valence-electron chi connectivity index (χ3n) is 5.19. The first-order chi connectivity index (χ1) is 14.0. The summed E-state index contributed by atoms with van der Waals surface area (Å²) in [6, 6.07) is 22.9. The van der Waals surface area contributed by atoms with Crippen LogP contribution in [0.25, 0.3) is 28.3 Å². The van der Waals surface area contributed by atoms with E-state index >= 15 is 0 Å². The van der Waals surface area contributed by atoms with Gasteiger partial charge in [0, 0.05) is 11.1 Å². The number of aryl methyl sites for hydroxylation is 4. The lowest BCUT2D eigenvalue weighted by molar-refractivity contribution is 0.112. The van der Waals surface area contributed by atoms with E-state index in [1.165, 1.54) is 0 Å². The molecule has 0 N–H and O–H groups in total. The van der Waals surface area contributed by atoms with Crippen LogP contribution in [0.3, 0.4) is 0 Å². The molecule has 0 aliphatic rings. The van der Waals surface area contributed by atoms with Gasteiger partial charge in [-0.3, -0.25) is 9.36 Å². The van der Waals surface area contributed by atoms with Gasteiger partial charge in [-0.25, -0.2) is 4.98 Å². The summed E-state index contributed by atoms with van der Waals surface area (Å²) in [5.41, 5.74) is 8.89. The third kappa shape index (κ3) is 3.52. The van der Waals surface area contributed by atoms with Gasteiger partial charge >= 0.3 is 0 Å². The molecule has 0 radical (unpaired) electrons. The summed E-state index contributed by atoms with van der Waals surface area (Å²) >= 11 is 0. The highest BCUT2D eigenvalue weighted by Crippen LogP contribution is 2.35. The largest absolute Gasteiger partial charge is 0.296 e. The van der Waals surface area contributed by atoms with Gasteiger partial charge in [-0.05, 0) is 57.0 Å². The van der Waals surface area contributed by atoms with E-state index in [-0.39, 0.29) is 0 Å². The fourth-order valence-electron chi connectivity index (χ4n) is 3.76. The van der Waals surface area contributed by atoms with Crippen LogP contribution in [-0.2, 0) is 0 Å². The van der Waals surface area contributed by atoms with E-state index in [1.807, 2.05) is 24.3 Å². The van der Waals surface area contributed by atoms with Crippen molar-refractivity contribution in [2.24, 2.45) is 0 Å². The second-order valence-electron chi connectivity index (χ2n) is 7.65. The Morgan fingerprint density at radius 2 is 1.38 bits per heavy atom. The molecule has 3 aromatic carbocycles. The lowest BCUT2D eigenvalue weighted by atomic mass is 10.1. The van der Waals surface area contributed by atoms with Gasteiger partial charge in [0.1, 0.15) is 11.5 Å². The van der Waals surface area contributed by atoms with Gasteiger partial charge in [-0.2, -0.15) is 0 Å². The highest BCUT2D eigenvalue weighted by atomic mass is 16.1. The van der Waals surface area contributed by atoms with E-state index in [2.05, 4.69) is 74.7 Å². The van der Waals surface area contributed by atoms with Crippen LogP contribution in [0.5, 0.6) is 0 Å². The van der Waals surface area contributed by atoms with Crippen molar-refractivity contribution in [2.45, 2.75) is 27.7 Å². The summed E-state index contributed by atoms with van der Waals surface area (Å²) < 4.78 is 2.13. The predicted molar refractivity (Wildman–Crippen MR) is 119 cm³/mol. The first kappa shape index (κ1) is 18.9. The van der Waals surface area contributed by atoms with E-state index in [0.717, 1.165) is 56.9 Å². The maximum atomic E-state index is 12.1. The minimum atomic E-state index is 0.452. The standard InChI is InChI=1S/C26H24N2O/c1-17-7-5-9-21(13-17)25-23(16-29)27-26(22-10-6-8-18(2)14-22)28(25)24-15-19(3)11-12-20(24)4/h5-16H,1-4H3. The molecule has 144 valence electrons. The van der Waals surface area contributed by atoms with Crippen LogP contribution < -0.4 is 0 Å². The van der Waals surface area contributed by atoms with Gasteiger partial charge in [0.15, 0.2) is 6.29 Å². The smallest absolute Gasteiger partial charge is 0.170 e. The molecule has 0 saturated carbocycles. The molecule has 1 heterocycles. The van der Waals surface area contributed by atoms with Crippen LogP contribution >= 0.6 is 0 Å². The van der Waals surface area contributed by atoms with E-state index in [4.69, 9.17) is 4.98 Å². The molecule has 0 bridgehead atoms. The quantitative estimate of drug-likeness (QED) is 0.392. The van der Waals surface area contributed by atoms with E-state index in [9.17, 15) is 4.79 Å². The number of imidazole rings is 1. The highest BCUT2D eigenvalue weighted by Gasteiger charge is 2.22. The molecule has 3 heteroatoms. The number of rotatable bonds is 4. The van der Waals surface area contributed by atoms with E-state index < -0.39 is 0 Å². The maximum absolute atomic E-state index is 12.1. The summed E-state index contributed by atoms with van der Waals surface area (Å²) in [6.45, 7) is 8.30. The van der Waals surface area contributed by atoms with Gasteiger partial charge in [0.2, 0.25) is 0 Å². The van der Waals surface area contributed by atoms with Crippen LogP contribution in [0.2, 0.25) is 0 Å². The number of carbonyl (C=O) groups excluding carboxylic acids is 1. The van der Waals surface area contributed by atoms with Crippen LogP contribution in [-0.4, -0.2) is 15.8 Å². The monoisotopic (exact) mass is 380 g/mol. The van der Waals surface area contributed by atoms with Crippen molar-refractivity contribution in [3.63, 3.8) is 0 Å². The SMILES string of the molecule is Cc1cccc(-c2nc(C=O)c(-c3cccc(C)c3)n2-c2cc(C)ccc2C)c1. The molecule has 3 nitrogen and oxygen atoms in total. The number of carbonyl (C=O) groups is 1. The Kier molecular flexibility index (Phi) is 4.89. The molecule has 0 atom stereocenters. The van der Waals surface area contributed by atoms with Gasteiger partial charge in [0.25, 0.3) is 0 Å². The second-order valence-corrected chi connectivity index (χ2v) is 7.65. The fraction of sp³-hybridized carbons (Fsp3) is 0.154. The van der Waals surface area contributed by atoms with Crippen molar-refractivity contribution in [3.8, 4) is 28.3 Å². The Bertz CT molecular complexity index is 1220. The average molecular weight is 380 g/mol. The summed E-state index contributed by atoms with van der Waals surface area (Å²) in [4.78, 5) is 16.8. The highest BCUT2D eigenvalue weighted by molar-refractivity contribution is 5.87. The molecule has 0 saturated heterocycles. The molecular formula is C26H24N2O. The maximum Gasteiger partial charge on any atom is 0.170 e. The number of hydrogen-bond donors (Lipinski definition) is 0. The minimum absolute atomic E-state index is 0.452. The van der Waals surface area contributed by atoms with Crippen molar-refractivity contribution >= 4 is 6.29 Å². The van der Waals surface area contributed by atoms with E-state index in [0.29, 0.717) is 5.69 Å². The number of nitrogens with zero attached hydrogens (tertiary/aromatic N) is 2. The molecule has 0 amide bonds. The molecule has 0 aliphatic carbocycles. The lowest BCUT2D eigenvalue weighted by Crippen LogP contribution is -2.03. The topological polar surface area (TPSA) is 34.9 Å². The predicted octanol–water partition coefficient (Wildman–Crippen LogP) is 6.25. The minimum Gasteiger partial charge on any atom is -0.296 e. The van der Waals surface area contributed by atoms with E-state index in [1.54, 1.807) is 0 Å². The van der Waals surface area contributed by atoms with Crippen LogP contribution in [0.15, 0.2) is 66.7 Å². The summed E-state index contributed by atoms with van der Waals surface area (Å²) in [5.74, 6) is 0.779. The molecule has 0 spiro atoms. The first-order valence-corrected chi connectivity index (χ1v) is 9.77. The Morgan fingerprint density at radius 3 is 2.03 bits per heavy atom. The normalized spacial score (nSPS) is 10.9. The Morgan fingerprint density at radius 1 is 0.759 bits per heavy atom. The fourth-order valence-corrected chi connectivity index (χ4v) is 3.76. The van der Waals surface area contributed by atoms with Crippen LogP contribution in [0.4, 0.5) is 0 Å². The number of benzene rings is 3. The Balaban J connectivity index is 2.13. The zero-order chi connectivity index (χ0) is 20.5. The Hall–Kier alpha value is -3.46.